The number of carbonyl (C=O) groups is 1. The van der Waals surface area contributed by atoms with Crippen molar-refractivity contribution in [2.75, 3.05) is 0 Å². The molecule has 1 aromatic heterocycles. The van der Waals surface area contributed by atoms with Crippen LogP contribution in [0.15, 0.2) is 29.0 Å². The minimum atomic E-state index is -0.973. The highest BCUT2D eigenvalue weighted by atomic mass is 79.9. The van der Waals surface area contributed by atoms with E-state index in [4.69, 9.17) is 5.11 Å². The highest BCUT2D eigenvalue weighted by molar-refractivity contribution is 9.10. The summed E-state index contributed by atoms with van der Waals surface area (Å²) < 4.78 is 13.5. The first-order chi connectivity index (χ1) is 8.06. The van der Waals surface area contributed by atoms with E-state index in [9.17, 15) is 9.18 Å². The molecule has 2 aromatic rings. The number of aromatic nitrogens is 2. The van der Waals surface area contributed by atoms with Crippen LogP contribution >= 0.6 is 15.9 Å². The van der Waals surface area contributed by atoms with Crippen LogP contribution in [0.3, 0.4) is 0 Å². The minimum absolute atomic E-state index is 0.190. The predicted octanol–water partition coefficient (Wildman–Crippen LogP) is 2.61. The molecule has 0 aliphatic carbocycles. The lowest BCUT2D eigenvalue weighted by Crippen LogP contribution is -2.01. The van der Waals surface area contributed by atoms with E-state index in [1.165, 1.54) is 12.1 Å². The molecule has 0 aliphatic rings. The summed E-state index contributed by atoms with van der Waals surface area (Å²) in [4.78, 5) is 17.6. The van der Waals surface area contributed by atoms with Crippen LogP contribution in [-0.2, 0) is 11.2 Å². The van der Waals surface area contributed by atoms with Gasteiger partial charge in [-0.05, 0) is 28.1 Å². The molecule has 0 bridgehead atoms. The van der Waals surface area contributed by atoms with Crippen LogP contribution in [0, 0.1) is 5.82 Å². The summed E-state index contributed by atoms with van der Waals surface area (Å²) in [5.74, 6) is -1.36. The zero-order chi connectivity index (χ0) is 12.4. The molecule has 0 spiro atoms. The number of aromatic amines is 1. The number of carboxylic acid groups (broad SMARTS) is 1. The van der Waals surface area contributed by atoms with Gasteiger partial charge in [0.25, 0.3) is 0 Å². The average molecular weight is 299 g/mol. The molecule has 6 heteroatoms. The zero-order valence-electron chi connectivity index (χ0n) is 8.58. The maximum Gasteiger partial charge on any atom is 0.309 e. The molecule has 0 unspecified atom stereocenters. The Labute approximate surface area is 105 Å². The van der Waals surface area contributed by atoms with Gasteiger partial charge in [-0.1, -0.05) is 12.1 Å². The van der Waals surface area contributed by atoms with Crippen LogP contribution < -0.4 is 0 Å². The number of rotatable bonds is 3. The Morgan fingerprint density at radius 2 is 2.29 bits per heavy atom. The number of hydrogen-bond donors (Lipinski definition) is 2. The van der Waals surface area contributed by atoms with Gasteiger partial charge in [-0.2, -0.15) is 0 Å². The standard InChI is InChI=1S/C11H8BrFN2O2/c12-11-14-8(5-9(16)17)10(15-11)6-2-1-3-7(13)4-6/h1-4H,5H2,(H,14,15)(H,16,17). The normalized spacial score (nSPS) is 10.5. The summed E-state index contributed by atoms with van der Waals surface area (Å²) >= 11 is 3.14. The Morgan fingerprint density at radius 1 is 1.53 bits per heavy atom. The topological polar surface area (TPSA) is 66.0 Å². The number of benzene rings is 1. The van der Waals surface area contributed by atoms with Crippen molar-refractivity contribution >= 4 is 21.9 Å². The molecule has 1 aromatic carbocycles. The van der Waals surface area contributed by atoms with Crippen molar-refractivity contribution in [2.24, 2.45) is 0 Å². The van der Waals surface area contributed by atoms with Crippen LogP contribution in [0.2, 0.25) is 0 Å². The summed E-state index contributed by atoms with van der Waals surface area (Å²) in [6, 6.07) is 5.87. The van der Waals surface area contributed by atoms with E-state index in [-0.39, 0.29) is 12.2 Å². The van der Waals surface area contributed by atoms with Gasteiger partial charge in [0.2, 0.25) is 0 Å². The molecule has 2 N–H and O–H groups in total. The third-order valence-electron chi connectivity index (χ3n) is 2.18. The van der Waals surface area contributed by atoms with Crippen LogP contribution in [0.5, 0.6) is 0 Å². The molecule has 17 heavy (non-hydrogen) atoms. The van der Waals surface area contributed by atoms with E-state index >= 15 is 0 Å². The van der Waals surface area contributed by atoms with Gasteiger partial charge in [-0.25, -0.2) is 9.37 Å². The first-order valence-electron chi connectivity index (χ1n) is 4.78. The fourth-order valence-electron chi connectivity index (χ4n) is 1.53. The summed E-state index contributed by atoms with van der Waals surface area (Å²) in [6.07, 6.45) is -0.190. The van der Waals surface area contributed by atoms with Crippen molar-refractivity contribution in [3.05, 3.63) is 40.5 Å². The zero-order valence-corrected chi connectivity index (χ0v) is 10.2. The number of nitrogens with one attached hydrogen (secondary N) is 1. The second kappa shape index (κ2) is 4.67. The fraction of sp³-hybridized carbons (Fsp3) is 0.0909. The minimum Gasteiger partial charge on any atom is -0.481 e. The maximum absolute atomic E-state index is 13.1. The van der Waals surface area contributed by atoms with Crippen molar-refractivity contribution < 1.29 is 14.3 Å². The molecule has 0 fully saturated rings. The second-order valence-electron chi connectivity index (χ2n) is 3.44. The number of H-pyrrole nitrogens is 1. The largest absolute Gasteiger partial charge is 0.481 e. The molecule has 0 saturated heterocycles. The quantitative estimate of drug-likeness (QED) is 0.915. The summed E-state index contributed by atoms with van der Waals surface area (Å²) in [6.45, 7) is 0. The van der Waals surface area contributed by atoms with Crippen LogP contribution in [-0.4, -0.2) is 21.0 Å². The van der Waals surface area contributed by atoms with Gasteiger partial charge in [-0.3, -0.25) is 4.79 Å². The van der Waals surface area contributed by atoms with E-state index in [1.54, 1.807) is 12.1 Å². The number of hydrogen-bond acceptors (Lipinski definition) is 2. The molecule has 0 radical (unpaired) electrons. The molecular weight excluding hydrogens is 291 g/mol. The third kappa shape index (κ3) is 2.71. The molecule has 0 atom stereocenters. The van der Waals surface area contributed by atoms with Crippen LogP contribution in [0.4, 0.5) is 4.39 Å². The van der Waals surface area contributed by atoms with Crippen LogP contribution in [0.25, 0.3) is 11.3 Å². The van der Waals surface area contributed by atoms with Crippen molar-refractivity contribution in [3.8, 4) is 11.3 Å². The van der Waals surface area contributed by atoms with Crippen molar-refractivity contribution in [1.82, 2.24) is 9.97 Å². The van der Waals surface area contributed by atoms with Crippen molar-refractivity contribution in [3.63, 3.8) is 0 Å². The van der Waals surface area contributed by atoms with E-state index in [0.29, 0.717) is 21.7 Å². The Hall–Kier alpha value is -1.69. The van der Waals surface area contributed by atoms with E-state index in [0.717, 1.165) is 0 Å². The smallest absolute Gasteiger partial charge is 0.309 e. The van der Waals surface area contributed by atoms with Crippen LogP contribution in [0.1, 0.15) is 5.69 Å². The Balaban J connectivity index is 2.47. The molecule has 88 valence electrons. The molecule has 1 heterocycles. The summed E-state index contributed by atoms with van der Waals surface area (Å²) in [5, 5.41) is 8.76. The van der Waals surface area contributed by atoms with Crippen molar-refractivity contribution in [2.45, 2.75) is 6.42 Å². The van der Waals surface area contributed by atoms with Gasteiger partial charge in [-0.15, -0.1) is 0 Å². The Bertz CT molecular complexity index is 568. The first-order valence-corrected chi connectivity index (χ1v) is 5.57. The van der Waals surface area contributed by atoms with Gasteiger partial charge in [0.05, 0.1) is 17.8 Å². The number of nitrogens with zero attached hydrogens (tertiary/aromatic N) is 1. The number of imidazole rings is 1. The number of carboxylic acids is 1. The van der Waals surface area contributed by atoms with Gasteiger partial charge < -0.3 is 10.1 Å². The Kier molecular flexibility index (Phi) is 3.23. The lowest BCUT2D eigenvalue weighted by atomic mass is 10.1. The fourth-order valence-corrected chi connectivity index (χ4v) is 1.95. The van der Waals surface area contributed by atoms with Gasteiger partial charge in [0.1, 0.15) is 5.82 Å². The van der Waals surface area contributed by atoms with Gasteiger partial charge in [0.15, 0.2) is 4.73 Å². The highest BCUT2D eigenvalue weighted by Gasteiger charge is 2.14. The predicted molar refractivity (Wildman–Crippen MR) is 63.0 cm³/mol. The second-order valence-corrected chi connectivity index (χ2v) is 4.19. The van der Waals surface area contributed by atoms with Crippen molar-refractivity contribution in [1.29, 1.82) is 0 Å². The molecule has 0 saturated carbocycles. The SMILES string of the molecule is O=C(O)Cc1[nH]c(Br)nc1-c1cccc(F)c1. The average Bonchev–Trinajstić information content (AvgIpc) is 2.58. The molecular formula is C11H8BrFN2O2. The number of aliphatic carboxylic acids is 1. The lowest BCUT2D eigenvalue weighted by Gasteiger charge is -2.00. The molecule has 0 aliphatic heterocycles. The van der Waals surface area contributed by atoms with E-state index in [2.05, 4.69) is 25.9 Å². The van der Waals surface area contributed by atoms with E-state index in [1.807, 2.05) is 0 Å². The number of halogens is 2. The maximum atomic E-state index is 13.1. The molecule has 0 amide bonds. The first kappa shape index (κ1) is 11.8. The van der Waals surface area contributed by atoms with Gasteiger partial charge in [0, 0.05) is 5.56 Å². The molecule has 2 rings (SSSR count). The van der Waals surface area contributed by atoms with E-state index < -0.39 is 5.97 Å². The molecule has 4 nitrogen and oxygen atoms in total. The highest BCUT2D eigenvalue weighted by Crippen LogP contribution is 2.24. The monoisotopic (exact) mass is 298 g/mol. The summed E-state index contributed by atoms with van der Waals surface area (Å²) in [7, 11) is 0. The van der Waals surface area contributed by atoms with Gasteiger partial charge >= 0.3 is 5.97 Å². The Morgan fingerprint density at radius 3 is 2.94 bits per heavy atom. The summed E-state index contributed by atoms with van der Waals surface area (Å²) in [5.41, 5.74) is 1.43. The lowest BCUT2D eigenvalue weighted by molar-refractivity contribution is -0.136. The third-order valence-corrected chi connectivity index (χ3v) is 2.55.